The molecule has 1 aromatic heterocycles. The van der Waals surface area contributed by atoms with Crippen LogP contribution in [0.2, 0.25) is 5.02 Å². The zero-order valence-electron chi connectivity index (χ0n) is 9.74. The molecular weight excluding hydrogens is 283 g/mol. The molecule has 2 rings (SSSR count). The van der Waals surface area contributed by atoms with Crippen LogP contribution < -0.4 is 5.32 Å². The SMILES string of the molecule is Cn1nnc(CNc2cc(C(F)(F)F)ccc2Cl)n1. The van der Waals surface area contributed by atoms with E-state index in [1.165, 1.54) is 10.9 Å². The summed E-state index contributed by atoms with van der Waals surface area (Å²) in [5.41, 5.74) is -0.601. The van der Waals surface area contributed by atoms with Crippen LogP contribution in [-0.4, -0.2) is 20.2 Å². The van der Waals surface area contributed by atoms with Gasteiger partial charge in [-0.15, -0.1) is 10.2 Å². The molecule has 0 aliphatic heterocycles. The minimum atomic E-state index is -4.41. The minimum Gasteiger partial charge on any atom is -0.376 e. The summed E-state index contributed by atoms with van der Waals surface area (Å²) in [4.78, 5) is 1.25. The first-order valence-corrected chi connectivity index (χ1v) is 5.57. The summed E-state index contributed by atoms with van der Waals surface area (Å²) < 4.78 is 37.7. The number of hydrogen-bond acceptors (Lipinski definition) is 4. The highest BCUT2D eigenvalue weighted by atomic mass is 35.5. The molecule has 1 N–H and O–H groups in total. The number of nitrogens with one attached hydrogen (secondary N) is 1. The van der Waals surface area contributed by atoms with Crippen LogP contribution in [0.5, 0.6) is 0 Å². The largest absolute Gasteiger partial charge is 0.416 e. The van der Waals surface area contributed by atoms with E-state index < -0.39 is 11.7 Å². The molecule has 0 bridgehead atoms. The maximum absolute atomic E-state index is 12.6. The normalized spacial score (nSPS) is 11.6. The lowest BCUT2D eigenvalue weighted by atomic mass is 10.2. The van der Waals surface area contributed by atoms with Gasteiger partial charge >= 0.3 is 6.18 Å². The Labute approximate surface area is 111 Å². The monoisotopic (exact) mass is 291 g/mol. The molecule has 0 saturated carbocycles. The summed E-state index contributed by atoms with van der Waals surface area (Å²) in [5.74, 6) is 0.357. The van der Waals surface area contributed by atoms with Gasteiger partial charge in [0.25, 0.3) is 0 Å². The number of tetrazole rings is 1. The molecule has 1 aromatic carbocycles. The third-order valence-corrected chi connectivity index (χ3v) is 2.61. The Kier molecular flexibility index (Phi) is 3.61. The van der Waals surface area contributed by atoms with E-state index in [0.717, 1.165) is 12.1 Å². The molecule has 0 aliphatic rings. The molecule has 0 amide bonds. The smallest absolute Gasteiger partial charge is 0.376 e. The molecule has 5 nitrogen and oxygen atoms in total. The Morgan fingerprint density at radius 1 is 1.37 bits per heavy atom. The van der Waals surface area contributed by atoms with E-state index in [4.69, 9.17) is 11.6 Å². The third-order valence-electron chi connectivity index (χ3n) is 2.28. The van der Waals surface area contributed by atoms with Crippen molar-refractivity contribution in [2.24, 2.45) is 7.05 Å². The van der Waals surface area contributed by atoms with Crippen LogP contribution in [0.15, 0.2) is 18.2 Å². The number of aromatic nitrogens is 4. The van der Waals surface area contributed by atoms with Crippen molar-refractivity contribution in [3.8, 4) is 0 Å². The Hall–Kier alpha value is -1.83. The fraction of sp³-hybridized carbons (Fsp3) is 0.300. The standard InChI is InChI=1S/C10H9ClF3N5/c1-19-17-9(16-18-19)5-15-8-4-6(10(12,13)14)2-3-7(8)11/h2-4,15H,5H2,1H3. The molecule has 102 valence electrons. The zero-order chi connectivity index (χ0) is 14.0. The fourth-order valence-electron chi connectivity index (χ4n) is 1.41. The molecule has 2 aromatic rings. The van der Waals surface area contributed by atoms with Crippen molar-refractivity contribution >= 4 is 17.3 Å². The quantitative estimate of drug-likeness (QED) is 0.944. The van der Waals surface area contributed by atoms with Crippen molar-refractivity contribution < 1.29 is 13.2 Å². The number of halogens is 4. The summed E-state index contributed by atoms with van der Waals surface area (Å²) in [7, 11) is 1.59. The van der Waals surface area contributed by atoms with Crippen molar-refractivity contribution in [2.45, 2.75) is 12.7 Å². The molecule has 0 unspecified atom stereocenters. The highest BCUT2D eigenvalue weighted by Crippen LogP contribution is 2.33. The topological polar surface area (TPSA) is 55.6 Å². The van der Waals surface area contributed by atoms with Crippen LogP contribution in [0, 0.1) is 0 Å². The van der Waals surface area contributed by atoms with Gasteiger partial charge in [-0.3, -0.25) is 0 Å². The van der Waals surface area contributed by atoms with Gasteiger partial charge in [-0.2, -0.15) is 18.0 Å². The predicted octanol–water partition coefficient (Wildman–Crippen LogP) is 2.49. The molecule has 0 radical (unpaired) electrons. The lowest BCUT2D eigenvalue weighted by Crippen LogP contribution is -2.07. The van der Waals surface area contributed by atoms with Gasteiger partial charge < -0.3 is 5.32 Å². The molecular formula is C10H9ClF3N5. The third kappa shape index (κ3) is 3.34. The van der Waals surface area contributed by atoms with Crippen molar-refractivity contribution in [1.29, 1.82) is 0 Å². The first kappa shape index (κ1) is 13.6. The van der Waals surface area contributed by atoms with Crippen LogP contribution in [0.25, 0.3) is 0 Å². The minimum absolute atomic E-state index is 0.134. The summed E-state index contributed by atoms with van der Waals surface area (Å²) in [6.45, 7) is 0.134. The zero-order valence-corrected chi connectivity index (χ0v) is 10.5. The highest BCUT2D eigenvalue weighted by Gasteiger charge is 2.30. The van der Waals surface area contributed by atoms with E-state index in [9.17, 15) is 13.2 Å². The second kappa shape index (κ2) is 5.04. The number of alkyl halides is 3. The Morgan fingerprint density at radius 2 is 2.11 bits per heavy atom. The van der Waals surface area contributed by atoms with Crippen molar-refractivity contribution in [1.82, 2.24) is 20.2 Å². The van der Waals surface area contributed by atoms with E-state index in [1.54, 1.807) is 7.05 Å². The first-order valence-electron chi connectivity index (χ1n) is 5.20. The van der Waals surface area contributed by atoms with Crippen LogP contribution >= 0.6 is 11.6 Å². The average Bonchev–Trinajstić information content (AvgIpc) is 2.72. The average molecular weight is 292 g/mol. The van der Waals surface area contributed by atoms with Gasteiger partial charge in [0.1, 0.15) is 0 Å². The lowest BCUT2D eigenvalue weighted by molar-refractivity contribution is -0.137. The number of aryl methyl sites for hydroxylation is 1. The van der Waals surface area contributed by atoms with Gasteiger partial charge in [-0.05, 0) is 23.4 Å². The summed E-state index contributed by atoms with van der Waals surface area (Å²) in [5, 5.41) is 14.1. The second-order valence-electron chi connectivity index (χ2n) is 3.74. The van der Waals surface area contributed by atoms with Gasteiger partial charge in [0, 0.05) is 0 Å². The van der Waals surface area contributed by atoms with Crippen LogP contribution in [-0.2, 0) is 19.8 Å². The van der Waals surface area contributed by atoms with Gasteiger partial charge in [0.05, 0.1) is 29.9 Å². The van der Waals surface area contributed by atoms with Crippen molar-refractivity contribution in [3.63, 3.8) is 0 Å². The second-order valence-corrected chi connectivity index (χ2v) is 4.15. The molecule has 0 saturated heterocycles. The maximum atomic E-state index is 12.6. The first-order chi connectivity index (χ1) is 8.86. The van der Waals surface area contributed by atoms with Crippen LogP contribution in [0.1, 0.15) is 11.4 Å². The van der Waals surface area contributed by atoms with Crippen LogP contribution in [0.4, 0.5) is 18.9 Å². The van der Waals surface area contributed by atoms with Gasteiger partial charge in [-0.1, -0.05) is 11.6 Å². The number of anilines is 1. The summed E-state index contributed by atoms with van der Waals surface area (Å²) in [6.07, 6.45) is -4.41. The molecule has 0 aliphatic carbocycles. The van der Waals surface area contributed by atoms with E-state index in [-0.39, 0.29) is 17.3 Å². The summed E-state index contributed by atoms with van der Waals surface area (Å²) in [6, 6.07) is 3.06. The number of rotatable bonds is 3. The summed E-state index contributed by atoms with van der Waals surface area (Å²) >= 11 is 5.83. The Balaban J connectivity index is 2.15. The number of hydrogen-bond donors (Lipinski definition) is 1. The Bertz CT molecular complexity index is 581. The molecule has 0 atom stereocenters. The van der Waals surface area contributed by atoms with Crippen LogP contribution in [0.3, 0.4) is 0 Å². The molecule has 0 spiro atoms. The van der Waals surface area contributed by atoms with Gasteiger partial charge in [0.15, 0.2) is 5.82 Å². The fourth-order valence-corrected chi connectivity index (χ4v) is 1.59. The molecule has 1 heterocycles. The highest BCUT2D eigenvalue weighted by molar-refractivity contribution is 6.33. The number of nitrogens with zero attached hydrogens (tertiary/aromatic N) is 4. The van der Waals surface area contributed by atoms with Gasteiger partial charge in [-0.25, -0.2) is 0 Å². The van der Waals surface area contributed by atoms with Crippen molar-refractivity contribution in [2.75, 3.05) is 5.32 Å². The molecule has 19 heavy (non-hydrogen) atoms. The maximum Gasteiger partial charge on any atom is 0.416 e. The Morgan fingerprint density at radius 3 is 2.68 bits per heavy atom. The van der Waals surface area contributed by atoms with Gasteiger partial charge in [0.2, 0.25) is 0 Å². The van der Waals surface area contributed by atoms with E-state index >= 15 is 0 Å². The van der Waals surface area contributed by atoms with E-state index in [0.29, 0.717) is 5.82 Å². The predicted molar refractivity (Wildman–Crippen MR) is 62.6 cm³/mol. The molecule has 9 heteroatoms. The lowest BCUT2D eigenvalue weighted by Gasteiger charge is -2.11. The van der Waals surface area contributed by atoms with E-state index in [1.807, 2.05) is 0 Å². The van der Waals surface area contributed by atoms with E-state index in [2.05, 4.69) is 20.7 Å². The van der Waals surface area contributed by atoms with Crippen molar-refractivity contribution in [3.05, 3.63) is 34.6 Å². The number of benzene rings is 1. The molecule has 0 fully saturated rings.